The fraction of sp³-hybridized carbons (Fsp3) is 0.500. The number of phenolic OH excluding ortho intramolecular Hbond substituents is 1. The zero-order valence-electron chi connectivity index (χ0n) is 14.9. The van der Waals surface area contributed by atoms with Gasteiger partial charge >= 0.3 is 5.97 Å². The number of ether oxygens (including phenoxy) is 2. The fourth-order valence-corrected chi connectivity index (χ4v) is 2.68. The van der Waals surface area contributed by atoms with Crippen molar-refractivity contribution in [3.63, 3.8) is 0 Å². The zero-order valence-corrected chi connectivity index (χ0v) is 14.9. The number of benzene rings is 1. The first kappa shape index (κ1) is 19.2. The lowest BCUT2D eigenvalue weighted by Gasteiger charge is -2.09. The van der Waals surface area contributed by atoms with Crippen LogP contribution in [0.15, 0.2) is 30.4 Å². The van der Waals surface area contributed by atoms with Gasteiger partial charge in [0.2, 0.25) is 0 Å². The number of carbonyl (C=O) groups is 2. The fourth-order valence-electron chi connectivity index (χ4n) is 2.68. The Balaban J connectivity index is 0.000000701. The maximum atomic E-state index is 12.1. The van der Waals surface area contributed by atoms with E-state index < -0.39 is 5.97 Å². The van der Waals surface area contributed by atoms with Gasteiger partial charge in [0.1, 0.15) is 5.75 Å². The number of phenols is 1. The van der Waals surface area contributed by atoms with Gasteiger partial charge in [-0.1, -0.05) is 26.3 Å². The standard InChI is InChI=1S/C17H18O5.C3H8/c18-12-3-1-2-4-15-16(22-15)7-8-21-17(20)14-6-5-13(19)10-11(14)9-12;1-3-2/h1,3,5-6,10,15-16,19H,2,4,7-9H2;3H2,1-2H3/b3-1+;. The van der Waals surface area contributed by atoms with E-state index in [1.807, 2.05) is 6.08 Å². The van der Waals surface area contributed by atoms with Gasteiger partial charge in [-0.2, -0.15) is 0 Å². The van der Waals surface area contributed by atoms with Crippen LogP contribution in [-0.4, -0.2) is 35.7 Å². The Labute approximate surface area is 148 Å². The van der Waals surface area contributed by atoms with Crippen molar-refractivity contribution in [3.05, 3.63) is 41.5 Å². The number of ketones is 1. The molecule has 3 rings (SSSR count). The molecule has 2 atom stereocenters. The summed E-state index contributed by atoms with van der Waals surface area (Å²) in [5, 5.41) is 9.57. The van der Waals surface area contributed by atoms with Crippen LogP contribution in [-0.2, 0) is 20.7 Å². The Morgan fingerprint density at radius 3 is 2.64 bits per heavy atom. The number of aromatic hydroxyl groups is 1. The highest BCUT2D eigenvalue weighted by Crippen LogP contribution is 2.30. The zero-order chi connectivity index (χ0) is 18.2. The topological polar surface area (TPSA) is 76.1 Å². The maximum Gasteiger partial charge on any atom is 0.338 e. The number of epoxide rings is 1. The largest absolute Gasteiger partial charge is 0.508 e. The molecule has 0 saturated carbocycles. The SMILES string of the molecule is CCC.O=C1/C=C/CCC2OC2CCOC(=O)c2ccc(O)cc2C1. The molecule has 1 aromatic rings. The molecule has 5 heteroatoms. The van der Waals surface area contributed by atoms with Crippen LogP contribution < -0.4 is 0 Å². The van der Waals surface area contributed by atoms with E-state index in [0.29, 0.717) is 24.2 Å². The molecule has 2 unspecified atom stereocenters. The molecule has 0 radical (unpaired) electrons. The van der Waals surface area contributed by atoms with Crippen LogP contribution in [0.1, 0.15) is 55.5 Å². The number of hydrogen-bond acceptors (Lipinski definition) is 5. The van der Waals surface area contributed by atoms with E-state index in [2.05, 4.69) is 13.8 Å². The summed E-state index contributed by atoms with van der Waals surface area (Å²) >= 11 is 0. The number of fused-ring (bicyclic) bond motifs is 2. The average molecular weight is 346 g/mol. The van der Waals surface area contributed by atoms with Crippen molar-refractivity contribution in [1.82, 2.24) is 0 Å². The molecule has 2 heterocycles. The van der Waals surface area contributed by atoms with Crippen LogP contribution in [0.5, 0.6) is 5.75 Å². The quantitative estimate of drug-likeness (QED) is 0.574. The Morgan fingerprint density at radius 1 is 1.16 bits per heavy atom. The van der Waals surface area contributed by atoms with Crippen molar-refractivity contribution >= 4 is 11.8 Å². The Hall–Kier alpha value is -2.14. The first-order chi connectivity index (χ1) is 12.0. The van der Waals surface area contributed by atoms with Gasteiger partial charge in [-0.05, 0) is 42.7 Å². The summed E-state index contributed by atoms with van der Waals surface area (Å²) in [6.45, 7) is 4.55. The lowest BCUT2D eigenvalue weighted by molar-refractivity contribution is -0.114. The van der Waals surface area contributed by atoms with Crippen molar-refractivity contribution < 1.29 is 24.2 Å². The molecule has 1 N–H and O–H groups in total. The highest BCUT2D eigenvalue weighted by atomic mass is 16.6. The van der Waals surface area contributed by atoms with E-state index >= 15 is 0 Å². The number of hydrogen-bond donors (Lipinski definition) is 1. The number of cyclic esters (lactones) is 1. The second kappa shape index (κ2) is 9.37. The van der Waals surface area contributed by atoms with Crippen molar-refractivity contribution in [2.75, 3.05) is 6.61 Å². The molecule has 1 fully saturated rings. The molecule has 2 aliphatic heterocycles. The highest BCUT2D eigenvalue weighted by Gasteiger charge is 2.37. The first-order valence-corrected chi connectivity index (χ1v) is 8.89. The molecule has 0 amide bonds. The molecule has 25 heavy (non-hydrogen) atoms. The lowest BCUT2D eigenvalue weighted by Crippen LogP contribution is -2.13. The van der Waals surface area contributed by atoms with Crippen molar-refractivity contribution in [3.8, 4) is 5.75 Å². The Bertz CT molecular complexity index is 635. The second-order valence-corrected chi connectivity index (χ2v) is 6.31. The summed E-state index contributed by atoms with van der Waals surface area (Å²) in [7, 11) is 0. The normalized spacial score (nSPS) is 24.6. The van der Waals surface area contributed by atoms with Crippen LogP contribution >= 0.6 is 0 Å². The molecule has 0 spiro atoms. The van der Waals surface area contributed by atoms with E-state index in [0.717, 1.165) is 12.8 Å². The van der Waals surface area contributed by atoms with Gasteiger partial charge in [0, 0.05) is 12.8 Å². The molecule has 1 aromatic carbocycles. The van der Waals surface area contributed by atoms with Gasteiger partial charge in [0.25, 0.3) is 0 Å². The van der Waals surface area contributed by atoms with Gasteiger partial charge < -0.3 is 14.6 Å². The van der Waals surface area contributed by atoms with E-state index in [9.17, 15) is 14.7 Å². The lowest BCUT2D eigenvalue weighted by atomic mass is 10.0. The number of allylic oxidation sites excluding steroid dienone is 2. The third-order valence-electron chi connectivity index (χ3n) is 3.92. The molecule has 1 saturated heterocycles. The van der Waals surface area contributed by atoms with Crippen LogP contribution in [0.25, 0.3) is 0 Å². The predicted octanol–water partition coefficient (Wildman–Crippen LogP) is 3.58. The Morgan fingerprint density at radius 2 is 1.88 bits per heavy atom. The average Bonchev–Trinajstić information content (AvgIpc) is 3.30. The van der Waals surface area contributed by atoms with Crippen LogP contribution in [0, 0.1) is 0 Å². The highest BCUT2D eigenvalue weighted by molar-refractivity contribution is 5.96. The summed E-state index contributed by atoms with van der Waals surface area (Å²) in [4.78, 5) is 24.1. The Kier molecular flexibility index (Phi) is 7.19. The van der Waals surface area contributed by atoms with E-state index in [-0.39, 0.29) is 30.2 Å². The molecule has 2 aliphatic rings. The van der Waals surface area contributed by atoms with Gasteiger partial charge in [0.05, 0.1) is 24.4 Å². The van der Waals surface area contributed by atoms with Gasteiger partial charge in [-0.3, -0.25) is 4.79 Å². The minimum atomic E-state index is -0.471. The van der Waals surface area contributed by atoms with E-state index in [1.165, 1.54) is 30.7 Å². The minimum Gasteiger partial charge on any atom is -0.508 e. The van der Waals surface area contributed by atoms with Crippen molar-refractivity contribution in [2.24, 2.45) is 0 Å². The third kappa shape index (κ3) is 6.02. The summed E-state index contributed by atoms with van der Waals surface area (Å²) in [5.74, 6) is -0.551. The summed E-state index contributed by atoms with van der Waals surface area (Å²) in [6, 6.07) is 4.35. The van der Waals surface area contributed by atoms with E-state index in [4.69, 9.17) is 9.47 Å². The molecule has 5 nitrogen and oxygen atoms in total. The second-order valence-electron chi connectivity index (χ2n) is 6.31. The molecular weight excluding hydrogens is 320 g/mol. The van der Waals surface area contributed by atoms with Gasteiger partial charge in [-0.15, -0.1) is 0 Å². The minimum absolute atomic E-state index is 0.0265. The van der Waals surface area contributed by atoms with Crippen LogP contribution in [0.2, 0.25) is 0 Å². The smallest absolute Gasteiger partial charge is 0.338 e. The molecule has 0 aliphatic carbocycles. The van der Waals surface area contributed by atoms with Crippen molar-refractivity contribution in [2.45, 2.75) is 58.2 Å². The monoisotopic (exact) mass is 346 g/mol. The molecule has 136 valence electrons. The number of carbonyl (C=O) groups excluding carboxylic acids is 2. The maximum absolute atomic E-state index is 12.1. The van der Waals surface area contributed by atoms with Gasteiger partial charge in [0.15, 0.2) is 5.78 Å². The third-order valence-corrected chi connectivity index (χ3v) is 3.92. The summed E-state index contributed by atoms with van der Waals surface area (Å²) < 4.78 is 10.8. The van der Waals surface area contributed by atoms with Crippen LogP contribution in [0.3, 0.4) is 0 Å². The first-order valence-electron chi connectivity index (χ1n) is 8.89. The van der Waals surface area contributed by atoms with Crippen molar-refractivity contribution in [1.29, 1.82) is 0 Å². The van der Waals surface area contributed by atoms with E-state index in [1.54, 1.807) is 0 Å². The predicted molar refractivity (Wildman–Crippen MR) is 94.7 cm³/mol. The summed E-state index contributed by atoms with van der Waals surface area (Å²) in [5.41, 5.74) is 0.808. The number of esters is 1. The summed E-state index contributed by atoms with van der Waals surface area (Å²) in [6.07, 6.45) is 7.41. The number of rotatable bonds is 0. The molecule has 0 bridgehead atoms. The van der Waals surface area contributed by atoms with Gasteiger partial charge in [-0.25, -0.2) is 4.79 Å². The molecule has 0 aromatic heterocycles. The van der Waals surface area contributed by atoms with Crippen LogP contribution in [0.4, 0.5) is 0 Å². The molecular formula is C20H26O5.